The zero-order valence-corrected chi connectivity index (χ0v) is 10.0. The first-order valence-corrected chi connectivity index (χ1v) is 5.37. The highest BCUT2D eigenvalue weighted by Crippen LogP contribution is 2.00. The molecule has 0 spiro atoms. The summed E-state index contributed by atoms with van der Waals surface area (Å²) in [5.74, 6) is -0.862. The Balaban J connectivity index is 1.85. The highest BCUT2D eigenvalue weighted by molar-refractivity contribution is 5.84. The van der Waals surface area contributed by atoms with Crippen molar-refractivity contribution in [2.75, 3.05) is 0 Å². The number of aromatic nitrogens is 4. The minimum absolute atomic E-state index is 0.114. The van der Waals surface area contributed by atoms with Gasteiger partial charge in [-0.15, -0.1) is 5.10 Å². The molecular weight excluding hydrogens is 254 g/mol. The fourth-order valence-electron chi connectivity index (χ4n) is 1.37. The van der Waals surface area contributed by atoms with Gasteiger partial charge in [-0.1, -0.05) is 10.4 Å². The molecule has 0 fully saturated rings. The molecule has 0 saturated heterocycles. The Labute approximate surface area is 107 Å². The van der Waals surface area contributed by atoms with Gasteiger partial charge < -0.3 is 14.9 Å². The van der Waals surface area contributed by atoms with Crippen LogP contribution in [0.5, 0.6) is 0 Å². The van der Waals surface area contributed by atoms with E-state index in [0.717, 1.165) is 4.68 Å². The molecule has 0 aromatic carbocycles. The van der Waals surface area contributed by atoms with Crippen molar-refractivity contribution in [3.05, 3.63) is 29.4 Å². The number of carboxylic acids is 1. The van der Waals surface area contributed by atoms with E-state index >= 15 is 0 Å². The number of carbonyl (C=O) groups excluding carboxylic acids is 1. The molecule has 2 N–H and O–H groups in total. The van der Waals surface area contributed by atoms with E-state index in [1.165, 1.54) is 6.20 Å². The molecule has 0 atom stereocenters. The summed E-state index contributed by atoms with van der Waals surface area (Å²) < 4.78 is 6.00. The fraction of sp³-hybridized carbons (Fsp3) is 0.300. The smallest absolute Gasteiger partial charge is 0.358 e. The summed E-state index contributed by atoms with van der Waals surface area (Å²) in [5, 5.41) is 21.9. The standard InChI is InChI=1S/C10H11N5O4/c1-6-2-7(13-19-6)3-11-9(16)5-15-4-8(10(17)18)12-14-15/h2,4H,3,5H2,1H3,(H,11,16)(H,17,18). The van der Waals surface area contributed by atoms with Crippen LogP contribution in [-0.4, -0.2) is 37.1 Å². The van der Waals surface area contributed by atoms with E-state index in [2.05, 4.69) is 20.8 Å². The topological polar surface area (TPSA) is 123 Å². The second-order valence-electron chi connectivity index (χ2n) is 3.81. The summed E-state index contributed by atoms with van der Waals surface area (Å²) in [6, 6.07) is 1.71. The summed E-state index contributed by atoms with van der Waals surface area (Å²) in [5.41, 5.74) is 0.399. The lowest BCUT2D eigenvalue weighted by Gasteiger charge is -2.01. The molecular formula is C10H11N5O4. The van der Waals surface area contributed by atoms with Gasteiger partial charge in [-0.2, -0.15) is 0 Å². The zero-order valence-electron chi connectivity index (χ0n) is 10.0. The zero-order chi connectivity index (χ0) is 13.8. The lowest BCUT2D eigenvalue weighted by molar-refractivity contribution is -0.122. The molecule has 9 nitrogen and oxygen atoms in total. The molecule has 2 aromatic rings. The molecule has 0 bridgehead atoms. The molecule has 0 aliphatic rings. The van der Waals surface area contributed by atoms with E-state index in [0.29, 0.717) is 11.5 Å². The summed E-state index contributed by atoms with van der Waals surface area (Å²) in [4.78, 5) is 22.1. The van der Waals surface area contributed by atoms with Crippen molar-refractivity contribution in [2.24, 2.45) is 0 Å². The molecule has 19 heavy (non-hydrogen) atoms. The molecule has 9 heteroatoms. The molecule has 100 valence electrons. The van der Waals surface area contributed by atoms with Crippen LogP contribution < -0.4 is 5.32 Å². The van der Waals surface area contributed by atoms with Gasteiger partial charge in [0.25, 0.3) is 0 Å². The van der Waals surface area contributed by atoms with Crippen molar-refractivity contribution in [1.82, 2.24) is 25.5 Å². The maximum Gasteiger partial charge on any atom is 0.358 e. The number of nitrogens with zero attached hydrogens (tertiary/aromatic N) is 4. The average molecular weight is 265 g/mol. The van der Waals surface area contributed by atoms with Crippen molar-refractivity contribution in [3.8, 4) is 0 Å². The Morgan fingerprint density at radius 1 is 1.53 bits per heavy atom. The molecule has 0 aliphatic carbocycles. The van der Waals surface area contributed by atoms with Gasteiger partial charge in [-0.05, 0) is 6.92 Å². The highest BCUT2D eigenvalue weighted by Gasteiger charge is 2.11. The Kier molecular flexibility index (Phi) is 3.55. The lowest BCUT2D eigenvalue weighted by atomic mass is 10.4. The number of rotatable bonds is 5. The van der Waals surface area contributed by atoms with Crippen molar-refractivity contribution >= 4 is 11.9 Å². The minimum atomic E-state index is -1.19. The van der Waals surface area contributed by atoms with E-state index in [1.54, 1.807) is 13.0 Å². The van der Waals surface area contributed by atoms with Crippen LogP contribution >= 0.6 is 0 Å². The third kappa shape index (κ3) is 3.37. The third-order valence-corrected chi connectivity index (χ3v) is 2.21. The number of carbonyl (C=O) groups is 2. The fourth-order valence-corrected chi connectivity index (χ4v) is 1.37. The van der Waals surface area contributed by atoms with Gasteiger partial charge in [0.1, 0.15) is 18.0 Å². The van der Waals surface area contributed by atoms with Crippen molar-refractivity contribution in [2.45, 2.75) is 20.0 Å². The van der Waals surface area contributed by atoms with Crippen molar-refractivity contribution in [3.63, 3.8) is 0 Å². The SMILES string of the molecule is Cc1cc(CNC(=O)Cn2cc(C(=O)O)nn2)no1. The largest absolute Gasteiger partial charge is 0.476 e. The third-order valence-electron chi connectivity index (χ3n) is 2.21. The van der Waals surface area contributed by atoms with Gasteiger partial charge in [0, 0.05) is 6.07 Å². The molecule has 2 rings (SSSR count). The van der Waals surface area contributed by atoms with Crippen LogP contribution in [-0.2, 0) is 17.9 Å². The van der Waals surface area contributed by atoms with Crippen LogP contribution in [0.3, 0.4) is 0 Å². The normalized spacial score (nSPS) is 10.4. The van der Waals surface area contributed by atoms with Crippen LogP contribution in [0.1, 0.15) is 21.9 Å². The minimum Gasteiger partial charge on any atom is -0.476 e. The molecule has 2 heterocycles. The second kappa shape index (κ2) is 5.29. The van der Waals surface area contributed by atoms with E-state index in [1.807, 2.05) is 0 Å². The molecule has 0 saturated carbocycles. The summed E-state index contributed by atoms with van der Waals surface area (Å²) in [7, 11) is 0. The van der Waals surface area contributed by atoms with Gasteiger partial charge in [0.2, 0.25) is 5.91 Å². The number of hydrogen-bond acceptors (Lipinski definition) is 6. The van der Waals surface area contributed by atoms with Gasteiger partial charge in [0.05, 0.1) is 12.7 Å². The Bertz CT molecular complexity index is 603. The van der Waals surface area contributed by atoms with Crippen LogP contribution in [0, 0.1) is 6.92 Å². The number of carboxylic acid groups (broad SMARTS) is 1. The van der Waals surface area contributed by atoms with Gasteiger partial charge in [0.15, 0.2) is 5.69 Å². The van der Waals surface area contributed by atoms with Gasteiger partial charge in [-0.25, -0.2) is 9.48 Å². The number of amides is 1. The summed E-state index contributed by atoms with van der Waals surface area (Å²) >= 11 is 0. The van der Waals surface area contributed by atoms with Crippen LogP contribution in [0.15, 0.2) is 16.8 Å². The maximum atomic E-state index is 11.6. The van der Waals surface area contributed by atoms with Gasteiger partial charge in [-0.3, -0.25) is 4.79 Å². The van der Waals surface area contributed by atoms with E-state index in [9.17, 15) is 9.59 Å². The van der Waals surface area contributed by atoms with E-state index in [-0.39, 0.29) is 24.7 Å². The first-order chi connectivity index (χ1) is 9.04. The van der Waals surface area contributed by atoms with Crippen molar-refractivity contribution < 1.29 is 19.2 Å². The number of hydrogen-bond donors (Lipinski definition) is 2. The Morgan fingerprint density at radius 3 is 2.89 bits per heavy atom. The van der Waals surface area contributed by atoms with Crippen LogP contribution in [0.2, 0.25) is 0 Å². The van der Waals surface area contributed by atoms with E-state index < -0.39 is 5.97 Å². The number of nitrogens with one attached hydrogen (secondary N) is 1. The average Bonchev–Trinajstić information content (AvgIpc) is 2.96. The maximum absolute atomic E-state index is 11.6. The lowest BCUT2D eigenvalue weighted by Crippen LogP contribution is -2.27. The molecule has 2 aromatic heterocycles. The van der Waals surface area contributed by atoms with Crippen LogP contribution in [0.25, 0.3) is 0 Å². The Morgan fingerprint density at radius 2 is 2.32 bits per heavy atom. The Hall–Kier alpha value is -2.71. The quantitative estimate of drug-likeness (QED) is 0.753. The highest BCUT2D eigenvalue weighted by atomic mass is 16.5. The molecule has 1 amide bonds. The van der Waals surface area contributed by atoms with E-state index in [4.69, 9.17) is 9.63 Å². The van der Waals surface area contributed by atoms with Crippen LogP contribution in [0.4, 0.5) is 0 Å². The number of aromatic carboxylic acids is 1. The summed E-state index contributed by atoms with van der Waals surface area (Å²) in [6.45, 7) is 1.87. The first kappa shape index (κ1) is 12.7. The molecule has 0 radical (unpaired) electrons. The van der Waals surface area contributed by atoms with Crippen molar-refractivity contribution in [1.29, 1.82) is 0 Å². The predicted molar refractivity (Wildman–Crippen MR) is 60.1 cm³/mol. The predicted octanol–water partition coefficient (Wildman–Crippen LogP) is -0.411. The molecule has 0 unspecified atom stereocenters. The molecule has 0 aliphatic heterocycles. The second-order valence-corrected chi connectivity index (χ2v) is 3.81. The first-order valence-electron chi connectivity index (χ1n) is 5.37. The number of aryl methyl sites for hydroxylation is 1. The monoisotopic (exact) mass is 265 g/mol. The van der Waals surface area contributed by atoms with Gasteiger partial charge >= 0.3 is 5.97 Å². The summed E-state index contributed by atoms with van der Waals surface area (Å²) in [6.07, 6.45) is 1.18.